The van der Waals surface area contributed by atoms with E-state index in [1.807, 2.05) is 24.3 Å². The third-order valence-electron chi connectivity index (χ3n) is 4.28. The lowest BCUT2D eigenvalue weighted by Crippen LogP contribution is -2.41. The molecule has 1 N–H and O–H groups in total. The van der Waals surface area contributed by atoms with Gasteiger partial charge >= 0.3 is 0 Å². The minimum atomic E-state index is 0. The molecular weight excluding hydrogens is 295 g/mol. The van der Waals surface area contributed by atoms with Gasteiger partial charge in [-0.15, -0.1) is 12.4 Å². The number of nitrogens with one attached hydrogen (secondary N) is 1. The molecule has 112 valence electrons. The number of ether oxygens (including phenoxy) is 1. The first kappa shape index (κ1) is 15.9. The molecular formula is C15H22Cl2N2O. The van der Waals surface area contributed by atoms with Crippen molar-refractivity contribution in [1.82, 2.24) is 10.2 Å². The van der Waals surface area contributed by atoms with Crippen LogP contribution in [0.15, 0.2) is 24.3 Å². The predicted octanol–water partition coefficient (Wildman–Crippen LogP) is 2.68. The fourth-order valence-corrected chi connectivity index (χ4v) is 3.26. The van der Waals surface area contributed by atoms with Gasteiger partial charge in [0.25, 0.3) is 0 Å². The smallest absolute Gasteiger partial charge is 0.119 e. The van der Waals surface area contributed by atoms with E-state index in [0.29, 0.717) is 0 Å². The van der Waals surface area contributed by atoms with Crippen LogP contribution in [0.3, 0.4) is 0 Å². The van der Waals surface area contributed by atoms with Crippen LogP contribution >= 0.6 is 24.0 Å². The zero-order valence-electron chi connectivity index (χ0n) is 11.6. The molecule has 2 unspecified atom stereocenters. The minimum absolute atomic E-state index is 0. The van der Waals surface area contributed by atoms with Crippen molar-refractivity contribution >= 4 is 24.0 Å². The number of nitrogens with zero attached hydrogens (tertiary/aromatic N) is 1. The standard InChI is InChI=1S/C15H21ClN2O.ClH/c16-14-1-3-15(4-2-14)19-8-7-18-6-5-12-9-17-10-13(12)11-18;/h1-4,12-13,17H,5-11H2;1H. The Morgan fingerprint density at radius 2 is 1.95 bits per heavy atom. The number of halogens is 2. The third kappa shape index (κ3) is 4.01. The summed E-state index contributed by atoms with van der Waals surface area (Å²) in [6, 6.07) is 7.59. The van der Waals surface area contributed by atoms with Gasteiger partial charge in [-0.25, -0.2) is 0 Å². The molecule has 2 atom stereocenters. The Bertz CT molecular complexity index is 413. The van der Waals surface area contributed by atoms with E-state index in [1.165, 1.54) is 32.6 Å². The summed E-state index contributed by atoms with van der Waals surface area (Å²) in [6.07, 6.45) is 1.33. The highest BCUT2D eigenvalue weighted by molar-refractivity contribution is 6.30. The van der Waals surface area contributed by atoms with Crippen LogP contribution in [0.4, 0.5) is 0 Å². The van der Waals surface area contributed by atoms with Crippen LogP contribution in [0.25, 0.3) is 0 Å². The molecule has 0 aromatic heterocycles. The second-order valence-electron chi connectivity index (χ2n) is 5.57. The number of likely N-dealkylation sites (tertiary alicyclic amines) is 1. The van der Waals surface area contributed by atoms with Gasteiger partial charge < -0.3 is 10.1 Å². The maximum absolute atomic E-state index is 5.85. The normalized spacial score (nSPS) is 25.9. The predicted molar refractivity (Wildman–Crippen MR) is 85.1 cm³/mol. The van der Waals surface area contributed by atoms with Crippen molar-refractivity contribution in [3.63, 3.8) is 0 Å². The van der Waals surface area contributed by atoms with Gasteiger partial charge in [-0.05, 0) is 62.2 Å². The molecule has 5 heteroatoms. The first-order valence-electron chi connectivity index (χ1n) is 7.13. The Balaban J connectivity index is 0.00000147. The molecule has 0 saturated carbocycles. The average molecular weight is 317 g/mol. The van der Waals surface area contributed by atoms with Crippen molar-refractivity contribution in [2.24, 2.45) is 11.8 Å². The number of benzene rings is 1. The van der Waals surface area contributed by atoms with Crippen LogP contribution in [-0.4, -0.2) is 44.2 Å². The lowest BCUT2D eigenvalue weighted by atomic mass is 9.89. The number of hydrogen-bond donors (Lipinski definition) is 1. The highest BCUT2D eigenvalue weighted by Crippen LogP contribution is 2.26. The molecule has 1 aromatic rings. The van der Waals surface area contributed by atoms with Gasteiger partial charge in [0.15, 0.2) is 0 Å². The van der Waals surface area contributed by atoms with Crippen molar-refractivity contribution < 1.29 is 4.74 Å². The summed E-state index contributed by atoms with van der Waals surface area (Å²) in [4.78, 5) is 2.53. The summed E-state index contributed by atoms with van der Waals surface area (Å²) >= 11 is 5.85. The Kier molecular flexibility index (Phi) is 5.97. The highest BCUT2D eigenvalue weighted by atomic mass is 35.5. The minimum Gasteiger partial charge on any atom is -0.492 e. The molecule has 3 rings (SSSR count). The van der Waals surface area contributed by atoms with Crippen molar-refractivity contribution in [2.75, 3.05) is 39.3 Å². The SMILES string of the molecule is Cl.Clc1ccc(OCCN2CCC3CNCC3C2)cc1. The zero-order chi connectivity index (χ0) is 13.1. The lowest BCUT2D eigenvalue weighted by Gasteiger charge is -2.34. The van der Waals surface area contributed by atoms with Crippen molar-refractivity contribution in [1.29, 1.82) is 0 Å². The van der Waals surface area contributed by atoms with E-state index < -0.39 is 0 Å². The second-order valence-corrected chi connectivity index (χ2v) is 6.01. The summed E-state index contributed by atoms with van der Waals surface area (Å²) in [5.41, 5.74) is 0. The van der Waals surface area contributed by atoms with Crippen molar-refractivity contribution in [3.05, 3.63) is 29.3 Å². The van der Waals surface area contributed by atoms with E-state index in [4.69, 9.17) is 16.3 Å². The average Bonchev–Trinajstić information content (AvgIpc) is 2.88. The monoisotopic (exact) mass is 316 g/mol. The molecule has 0 bridgehead atoms. The number of hydrogen-bond acceptors (Lipinski definition) is 3. The molecule has 2 heterocycles. The number of piperidine rings is 1. The van der Waals surface area contributed by atoms with Crippen LogP contribution in [-0.2, 0) is 0 Å². The maximum atomic E-state index is 5.85. The lowest BCUT2D eigenvalue weighted by molar-refractivity contribution is 0.127. The quantitative estimate of drug-likeness (QED) is 0.924. The molecule has 2 saturated heterocycles. The van der Waals surface area contributed by atoms with Crippen molar-refractivity contribution in [2.45, 2.75) is 6.42 Å². The Labute approximate surface area is 132 Å². The maximum Gasteiger partial charge on any atom is 0.119 e. The van der Waals surface area contributed by atoms with Gasteiger partial charge in [-0.2, -0.15) is 0 Å². The van der Waals surface area contributed by atoms with Crippen LogP contribution < -0.4 is 10.1 Å². The molecule has 0 spiro atoms. The Morgan fingerprint density at radius 3 is 2.75 bits per heavy atom. The fraction of sp³-hybridized carbons (Fsp3) is 0.600. The van der Waals surface area contributed by atoms with E-state index >= 15 is 0 Å². The van der Waals surface area contributed by atoms with Gasteiger partial charge in [-0.3, -0.25) is 4.90 Å². The summed E-state index contributed by atoms with van der Waals surface area (Å²) in [5.74, 6) is 2.67. The van der Waals surface area contributed by atoms with Gasteiger partial charge in [0.05, 0.1) is 0 Å². The van der Waals surface area contributed by atoms with Gasteiger partial charge in [-0.1, -0.05) is 11.6 Å². The van der Waals surface area contributed by atoms with Gasteiger partial charge in [0.1, 0.15) is 12.4 Å². The molecule has 20 heavy (non-hydrogen) atoms. The highest BCUT2D eigenvalue weighted by Gasteiger charge is 2.32. The molecule has 3 nitrogen and oxygen atoms in total. The molecule has 2 fully saturated rings. The van der Waals surface area contributed by atoms with Gasteiger partial charge in [0, 0.05) is 18.1 Å². The van der Waals surface area contributed by atoms with E-state index in [1.54, 1.807) is 0 Å². The molecule has 2 aliphatic rings. The number of fused-ring (bicyclic) bond motifs is 1. The first-order valence-corrected chi connectivity index (χ1v) is 7.50. The fourth-order valence-electron chi connectivity index (χ4n) is 3.14. The topological polar surface area (TPSA) is 24.5 Å². The summed E-state index contributed by atoms with van der Waals surface area (Å²) < 4.78 is 5.76. The molecule has 2 aliphatic heterocycles. The summed E-state index contributed by atoms with van der Waals surface area (Å²) in [5, 5.41) is 4.25. The second kappa shape index (κ2) is 7.51. The van der Waals surface area contributed by atoms with Gasteiger partial charge in [0.2, 0.25) is 0 Å². The van der Waals surface area contributed by atoms with Crippen LogP contribution in [0, 0.1) is 11.8 Å². The zero-order valence-corrected chi connectivity index (χ0v) is 13.1. The first-order chi connectivity index (χ1) is 9.31. The summed E-state index contributed by atoms with van der Waals surface area (Å²) in [7, 11) is 0. The van der Waals surface area contributed by atoms with E-state index in [0.717, 1.165) is 35.8 Å². The summed E-state index contributed by atoms with van der Waals surface area (Å²) in [6.45, 7) is 6.63. The van der Waals surface area contributed by atoms with Crippen LogP contribution in [0.2, 0.25) is 5.02 Å². The number of rotatable bonds is 4. The largest absolute Gasteiger partial charge is 0.492 e. The third-order valence-corrected chi connectivity index (χ3v) is 4.53. The van der Waals surface area contributed by atoms with Crippen molar-refractivity contribution in [3.8, 4) is 5.75 Å². The molecule has 1 aromatic carbocycles. The molecule has 0 amide bonds. The van der Waals surface area contributed by atoms with E-state index in [9.17, 15) is 0 Å². The van der Waals surface area contributed by atoms with Crippen LogP contribution in [0.5, 0.6) is 5.75 Å². The Hall–Kier alpha value is -0.480. The molecule has 0 radical (unpaired) electrons. The Morgan fingerprint density at radius 1 is 1.20 bits per heavy atom. The van der Waals surface area contributed by atoms with Crippen LogP contribution in [0.1, 0.15) is 6.42 Å². The van der Waals surface area contributed by atoms with E-state index in [-0.39, 0.29) is 12.4 Å². The molecule has 0 aliphatic carbocycles. The van der Waals surface area contributed by atoms with E-state index in [2.05, 4.69) is 10.2 Å².